The van der Waals surface area contributed by atoms with Gasteiger partial charge < -0.3 is 33.2 Å². The van der Waals surface area contributed by atoms with Crippen molar-refractivity contribution in [2.24, 2.45) is 0 Å². The highest BCUT2D eigenvalue weighted by Crippen LogP contribution is 2.52. The molecule has 0 bridgehead atoms. The van der Waals surface area contributed by atoms with Crippen LogP contribution in [0.2, 0.25) is 0 Å². The molecule has 0 fully saturated rings. The van der Waals surface area contributed by atoms with Crippen LogP contribution < -0.4 is 28.4 Å². The quantitative estimate of drug-likeness (QED) is 0.124. The minimum absolute atomic E-state index is 0.0177. The molecule has 0 radical (unpaired) electrons. The molecule has 12 heteroatoms. The maximum Gasteiger partial charge on any atom is 0.303 e. The Morgan fingerprint density at radius 2 is 1.58 bits per heavy atom. The highest BCUT2D eigenvalue weighted by Gasteiger charge is 2.41. The lowest BCUT2D eigenvalue weighted by molar-refractivity contribution is -0.533. The Balaban J connectivity index is 2.61. The van der Waals surface area contributed by atoms with Crippen molar-refractivity contribution in [1.29, 1.82) is 5.26 Å². The minimum Gasteiger partial charge on any atom is -0.493 e. The molecule has 3 atom stereocenters. The number of esters is 1. The first kappa shape index (κ1) is 34.8. The predicted molar refractivity (Wildman–Crippen MR) is 158 cm³/mol. The average Bonchev–Trinajstić information content (AvgIpc) is 3.00. The van der Waals surface area contributed by atoms with Gasteiger partial charge in [-0.1, -0.05) is 13.0 Å². The topological polar surface area (TPSA) is 149 Å². The molecule has 43 heavy (non-hydrogen) atoms. The third-order valence-corrected chi connectivity index (χ3v) is 7.25. The van der Waals surface area contributed by atoms with Crippen molar-refractivity contribution in [2.75, 3.05) is 41.7 Å². The summed E-state index contributed by atoms with van der Waals surface area (Å²) in [5, 5.41) is 23.0. The third-order valence-electron chi connectivity index (χ3n) is 7.25. The van der Waals surface area contributed by atoms with E-state index in [-0.39, 0.29) is 31.6 Å². The molecular formula is C31H42N2O10. The van der Waals surface area contributed by atoms with Crippen molar-refractivity contribution < 1.29 is 42.9 Å². The molecule has 236 valence electrons. The fourth-order valence-electron chi connectivity index (χ4n) is 5.10. The summed E-state index contributed by atoms with van der Waals surface area (Å²) < 4.78 is 39.2. The molecule has 12 nitrogen and oxygen atoms in total. The fraction of sp³-hybridized carbons (Fsp3) is 0.548. The zero-order valence-corrected chi connectivity index (χ0v) is 26.2. The van der Waals surface area contributed by atoms with Gasteiger partial charge in [0, 0.05) is 23.8 Å². The largest absolute Gasteiger partial charge is 0.493 e. The highest BCUT2D eigenvalue weighted by molar-refractivity contribution is 5.66. The number of rotatable bonds is 18. The van der Waals surface area contributed by atoms with Gasteiger partial charge in [0.15, 0.2) is 29.1 Å². The van der Waals surface area contributed by atoms with Gasteiger partial charge in [0.25, 0.3) is 6.04 Å². The van der Waals surface area contributed by atoms with Crippen LogP contribution in [-0.2, 0) is 21.4 Å². The van der Waals surface area contributed by atoms with Gasteiger partial charge in [0.1, 0.15) is 0 Å². The summed E-state index contributed by atoms with van der Waals surface area (Å²) in [5.74, 6) is 1.50. The molecule has 2 aromatic carbocycles. The van der Waals surface area contributed by atoms with Crippen molar-refractivity contribution >= 4 is 5.97 Å². The monoisotopic (exact) mass is 602 g/mol. The number of ether oxygens (including phenoxy) is 7. The number of hydrogen-bond donors (Lipinski definition) is 0. The Bertz CT molecular complexity index is 1290. The predicted octanol–water partition coefficient (Wildman–Crippen LogP) is 5.29. The van der Waals surface area contributed by atoms with E-state index in [4.69, 9.17) is 33.2 Å². The van der Waals surface area contributed by atoms with E-state index < -0.39 is 28.5 Å². The number of carbonyl (C=O) groups is 1. The van der Waals surface area contributed by atoms with Crippen molar-refractivity contribution in [3.63, 3.8) is 0 Å². The number of nitro groups is 1. The molecule has 0 aliphatic heterocycles. The number of benzene rings is 2. The lowest BCUT2D eigenvalue weighted by Crippen LogP contribution is -2.40. The molecule has 0 spiro atoms. The average molecular weight is 603 g/mol. The molecule has 0 saturated carbocycles. The first-order chi connectivity index (χ1) is 20.6. The van der Waals surface area contributed by atoms with Gasteiger partial charge >= 0.3 is 5.97 Å². The first-order valence-corrected chi connectivity index (χ1v) is 14.1. The van der Waals surface area contributed by atoms with Crippen LogP contribution in [0.25, 0.3) is 0 Å². The third kappa shape index (κ3) is 8.12. The SMILES string of the molecule is CCOc1cc(C(C#N)(CC)CCC(OC(C)=O)C(Cc2ccc(OC)c(OC)c2)[N+](=O)[O-])c(OCC)c(OC)c1OC. The van der Waals surface area contributed by atoms with Crippen LogP contribution in [0, 0.1) is 21.4 Å². The number of carbonyl (C=O) groups excluding carboxylic acids is 1. The van der Waals surface area contributed by atoms with Crippen LogP contribution in [-0.4, -0.2) is 64.7 Å². The summed E-state index contributed by atoms with van der Waals surface area (Å²) in [6.45, 7) is 7.27. The Morgan fingerprint density at radius 1 is 0.930 bits per heavy atom. The maximum absolute atomic E-state index is 12.4. The first-order valence-electron chi connectivity index (χ1n) is 14.1. The number of nitrogens with zero attached hydrogens (tertiary/aromatic N) is 2. The Kier molecular flexibility index (Phi) is 13.2. The molecule has 2 rings (SSSR count). The zero-order chi connectivity index (χ0) is 32.2. The van der Waals surface area contributed by atoms with Crippen LogP contribution in [0.4, 0.5) is 0 Å². The molecule has 0 aromatic heterocycles. The van der Waals surface area contributed by atoms with Gasteiger partial charge in [0.05, 0.1) is 53.1 Å². The van der Waals surface area contributed by atoms with Crippen LogP contribution in [0.1, 0.15) is 58.1 Å². The Morgan fingerprint density at radius 3 is 2.07 bits per heavy atom. The molecule has 0 aliphatic carbocycles. The van der Waals surface area contributed by atoms with E-state index in [2.05, 4.69) is 6.07 Å². The van der Waals surface area contributed by atoms with Gasteiger partial charge in [-0.05, 0) is 56.9 Å². The second-order valence-corrected chi connectivity index (χ2v) is 9.66. The molecule has 0 amide bonds. The van der Waals surface area contributed by atoms with E-state index >= 15 is 0 Å². The van der Waals surface area contributed by atoms with Crippen LogP contribution in [0.5, 0.6) is 34.5 Å². The van der Waals surface area contributed by atoms with Gasteiger partial charge in [-0.2, -0.15) is 5.26 Å². The molecule has 0 saturated heterocycles. The lowest BCUT2D eigenvalue weighted by Gasteiger charge is -2.31. The number of methoxy groups -OCH3 is 4. The Hall–Kier alpha value is -4.40. The standard InChI is InChI=1S/C31H42N2O10/c1-9-31(19-32,22-18-27(41-10-2)29(39-7)30(40-8)28(22)42-11-3)15-14-24(43-20(4)34)23(33(35)36)16-21-12-13-25(37-5)26(17-21)38-6/h12-13,17-18,23-24H,9-11,14-16H2,1-8H3. The van der Waals surface area contributed by atoms with Gasteiger partial charge in [-0.3, -0.25) is 14.9 Å². The van der Waals surface area contributed by atoms with Gasteiger partial charge in [-0.15, -0.1) is 0 Å². The summed E-state index contributed by atoms with van der Waals surface area (Å²) >= 11 is 0. The summed E-state index contributed by atoms with van der Waals surface area (Å²) in [7, 11) is 5.91. The van der Waals surface area contributed by atoms with Crippen molar-refractivity contribution in [1.82, 2.24) is 0 Å². The van der Waals surface area contributed by atoms with Gasteiger partial charge in [-0.25, -0.2) is 0 Å². The zero-order valence-electron chi connectivity index (χ0n) is 26.2. The van der Waals surface area contributed by atoms with Crippen molar-refractivity contribution in [3.05, 3.63) is 45.5 Å². The van der Waals surface area contributed by atoms with E-state index in [1.54, 1.807) is 31.2 Å². The number of nitriles is 1. The second-order valence-electron chi connectivity index (χ2n) is 9.66. The van der Waals surface area contributed by atoms with E-state index in [1.807, 2.05) is 13.8 Å². The molecule has 3 unspecified atom stereocenters. The molecule has 0 N–H and O–H groups in total. The maximum atomic E-state index is 12.4. The fourth-order valence-corrected chi connectivity index (χ4v) is 5.10. The van der Waals surface area contributed by atoms with E-state index in [1.165, 1.54) is 35.4 Å². The smallest absolute Gasteiger partial charge is 0.303 e. The van der Waals surface area contributed by atoms with Gasteiger partial charge in [0.2, 0.25) is 11.5 Å². The van der Waals surface area contributed by atoms with Crippen molar-refractivity contribution in [3.8, 4) is 40.6 Å². The van der Waals surface area contributed by atoms with Crippen LogP contribution in [0.3, 0.4) is 0 Å². The normalized spacial score (nSPS) is 13.5. The Labute approximate surface area is 252 Å². The lowest BCUT2D eigenvalue weighted by atomic mass is 9.74. The summed E-state index contributed by atoms with van der Waals surface area (Å²) in [5.41, 5.74) is -0.128. The summed E-state index contributed by atoms with van der Waals surface area (Å²) in [6, 6.07) is 7.82. The van der Waals surface area contributed by atoms with E-state index in [0.717, 1.165) is 0 Å². The number of hydrogen-bond acceptors (Lipinski definition) is 11. The summed E-state index contributed by atoms with van der Waals surface area (Å²) in [6.07, 6.45) is -0.747. The van der Waals surface area contributed by atoms with Crippen LogP contribution >= 0.6 is 0 Å². The minimum atomic E-state index is -1.30. The highest BCUT2D eigenvalue weighted by atomic mass is 16.6. The van der Waals surface area contributed by atoms with Crippen LogP contribution in [0.15, 0.2) is 24.3 Å². The van der Waals surface area contributed by atoms with E-state index in [9.17, 15) is 20.2 Å². The van der Waals surface area contributed by atoms with Crippen molar-refractivity contribution in [2.45, 2.75) is 70.9 Å². The summed E-state index contributed by atoms with van der Waals surface area (Å²) in [4.78, 5) is 24.1. The molecule has 0 aliphatic rings. The second kappa shape index (κ2) is 16.3. The van der Waals surface area contributed by atoms with E-state index in [0.29, 0.717) is 52.9 Å². The molecular weight excluding hydrogens is 560 g/mol. The molecule has 0 heterocycles. The molecule has 2 aromatic rings.